The van der Waals surface area contributed by atoms with E-state index < -0.39 is 22.6 Å². The molecule has 0 atom stereocenters. The number of halogens is 2. The van der Waals surface area contributed by atoms with Crippen LogP contribution in [0.2, 0.25) is 5.02 Å². The first-order chi connectivity index (χ1) is 15.8. The molecule has 3 aromatic rings. The zero-order valence-electron chi connectivity index (χ0n) is 16.8. The van der Waals surface area contributed by atoms with E-state index in [2.05, 4.69) is 15.8 Å². The van der Waals surface area contributed by atoms with Gasteiger partial charge in [0.25, 0.3) is 17.5 Å². The minimum atomic E-state index is -0.655. The van der Waals surface area contributed by atoms with Gasteiger partial charge in [-0.05, 0) is 48.5 Å². The topological polar surface area (TPSA) is 123 Å². The summed E-state index contributed by atoms with van der Waals surface area (Å²) >= 11 is 6.01. The highest BCUT2D eigenvalue weighted by Crippen LogP contribution is 2.21. The van der Waals surface area contributed by atoms with E-state index in [1.54, 1.807) is 6.07 Å². The van der Waals surface area contributed by atoms with Gasteiger partial charge in [-0.3, -0.25) is 19.7 Å². The molecule has 11 heteroatoms. The van der Waals surface area contributed by atoms with Crippen molar-refractivity contribution in [1.82, 2.24) is 5.43 Å². The molecule has 0 bridgehead atoms. The number of nitro groups is 1. The smallest absolute Gasteiger partial charge is 0.271 e. The average Bonchev–Trinajstić information content (AvgIpc) is 2.80. The van der Waals surface area contributed by atoms with E-state index in [0.717, 1.165) is 6.07 Å². The van der Waals surface area contributed by atoms with Crippen molar-refractivity contribution in [3.8, 4) is 5.75 Å². The van der Waals surface area contributed by atoms with Crippen LogP contribution in [0.25, 0.3) is 0 Å². The Balaban J connectivity index is 1.63. The predicted molar refractivity (Wildman–Crippen MR) is 120 cm³/mol. The predicted octanol–water partition coefficient (Wildman–Crippen LogP) is 4.17. The Morgan fingerprint density at radius 1 is 1.12 bits per heavy atom. The molecule has 0 heterocycles. The number of hydrogen-bond donors (Lipinski definition) is 2. The Bertz CT molecular complexity index is 1220. The summed E-state index contributed by atoms with van der Waals surface area (Å²) in [5.74, 6) is -1.29. The molecule has 0 spiro atoms. The summed E-state index contributed by atoms with van der Waals surface area (Å²) in [6.45, 7) is -0.347. The molecule has 0 aliphatic carbocycles. The number of rotatable bonds is 8. The van der Waals surface area contributed by atoms with Crippen LogP contribution in [0, 0.1) is 15.9 Å². The molecular formula is C22H16ClFN4O5. The third-order valence-electron chi connectivity index (χ3n) is 4.15. The fourth-order valence-electron chi connectivity index (χ4n) is 2.61. The molecule has 168 valence electrons. The lowest BCUT2D eigenvalue weighted by molar-refractivity contribution is -0.384. The lowest BCUT2D eigenvalue weighted by Gasteiger charge is -2.10. The average molecular weight is 471 g/mol. The number of carbonyl (C=O) groups is 2. The van der Waals surface area contributed by atoms with E-state index >= 15 is 0 Å². The van der Waals surface area contributed by atoms with Gasteiger partial charge in [0, 0.05) is 34.0 Å². The van der Waals surface area contributed by atoms with Crippen LogP contribution < -0.4 is 15.5 Å². The summed E-state index contributed by atoms with van der Waals surface area (Å²) in [5.41, 5.74) is 2.87. The molecule has 0 fully saturated rings. The van der Waals surface area contributed by atoms with Gasteiger partial charge in [0.15, 0.2) is 6.61 Å². The summed E-state index contributed by atoms with van der Waals surface area (Å²) < 4.78 is 18.5. The quantitative estimate of drug-likeness (QED) is 0.290. The molecule has 0 aliphatic rings. The van der Waals surface area contributed by atoms with Gasteiger partial charge in [-0.15, -0.1) is 0 Å². The second-order valence-corrected chi connectivity index (χ2v) is 6.97. The largest absolute Gasteiger partial charge is 0.483 e. The van der Waals surface area contributed by atoms with Crippen LogP contribution in [0.5, 0.6) is 5.75 Å². The van der Waals surface area contributed by atoms with E-state index in [0.29, 0.717) is 16.3 Å². The lowest BCUT2D eigenvalue weighted by atomic mass is 10.2. The van der Waals surface area contributed by atoms with E-state index in [4.69, 9.17) is 16.3 Å². The van der Waals surface area contributed by atoms with Crippen LogP contribution >= 0.6 is 11.6 Å². The number of anilines is 1. The first kappa shape index (κ1) is 23.4. The molecular weight excluding hydrogens is 455 g/mol. The maximum Gasteiger partial charge on any atom is 0.271 e. The lowest BCUT2D eigenvalue weighted by Crippen LogP contribution is -2.20. The number of hydrazone groups is 1. The van der Waals surface area contributed by atoms with Crippen LogP contribution in [0.3, 0.4) is 0 Å². The SMILES string of the molecule is O=C(COc1ccc(Cl)cc1C=NNC(=O)c1cccc([N+](=O)[O-])c1)Nc1ccc(F)cc1. The molecule has 0 saturated heterocycles. The zero-order chi connectivity index (χ0) is 23.8. The summed E-state index contributed by atoms with van der Waals surface area (Å²) in [4.78, 5) is 34.5. The van der Waals surface area contributed by atoms with Crippen LogP contribution in [0.15, 0.2) is 71.8 Å². The van der Waals surface area contributed by atoms with Gasteiger partial charge in [-0.25, -0.2) is 9.82 Å². The Labute approximate surface area is 192 Å². The maximum absolute atomic E-state index is 13.0. The van der Waals surface area contributed by atoms with E-state index in [1.165, 1.54) is 60.8 Å². The molecule has 0 aromatic heterocycles. The molecule has 0 radical (unpaired) electrons. The number of ether oxygens (including phenoxy) is 1. The Hall–Kier alpha value is -4.31. The van der Waals surface area contributed by atoms with Crippen LogP contribution in [0.1, 0.15) is 15.9 Å². The van der Waals surface area contributed by atoms with E-state index in [1.807, 2.05) is 0 Å². The Morgan fingerprint density at radius 2 is 1.88 bits per heavy atom. The molecule has 2 amide bonds. The Morgan fingerprint density at radius 3 is 2.61 bits per heavy atom. The fourth-order valence-corrected chi connectivity index (χ4v) is 2.79. The summed E-state index contributed by atoms with van der Waals surface area (Å²) in [7, 11) is 0. The minimum absolute atomic E-state index is 0.0568. The third-order valence-corrected chi connectivity index (χ3v) is 4.38. The summed E-state index contributed by atoms with van der Waals surface area (Å²) in [6.07, 6.45) is 1.26. The number of nitrogens with one attached hydrogen (secondary N) is 2. The van der Waals surface area contributed by atoms with Crippen molar-refractivity contribution < 1.29 is 23.6 Å². The van der Waals surface area contributed by atoms with Crippen molar-refractivity contribution in [1.29, 1.82) is 0 Å². The van der Waals surface area contributed by atoms with E-state index in [-0.39, 0.29) is 23.6 Å². The van der Waals surface area contributed by atoms with Crippen molar-refractivity contribution in [2.45, 2.75) is 0 Å². The van der Waals surface area contributed by atoms with Gasteiger partial charge < -0.3 is 10.1 Å². The highest BCUT2D eigenvalue weighted by Gasteiger charge is 2.11. The van der Waals surface area contributed by atoms with Gasteiger partial charge in [-0.2, -0.15) is 5.10 Å². The van der Waals surface area contributed by atoms with Gasteiger partial charge in [0.2, 0.25) is 0 Å². The van der Waals surface area contributed by atoms with Gasteiger partial charge in [0.1, 0.15) is 11.6 Å². The molecule has 33 heavy (non-hydrogen) atoms. The molecule has 9 nitrogen and oxygen atoms in total. The minimum Gasteiger partial charge on any atom is -0.483 e. The fraction of sp³-hybridized carbons (Fsp3) is 0.0455. The summed E-state index contributed by atoms with van der Waals surface area (Å²) in [5, 5.41) is 17.6. The Kier molecular flexibility index (Phi) is 7.66. The molecule has 3 rings (SSSR count). The number of nitro benzene ring substituents is 1. The first-order valence-electron chi connectivity index (χ1n) is 9.37. The molecule has 0 unspecified atom stereocenters. The molecule has 0 aliphatic heterocycles. The molecule has 2 N–H and O–H groups in total. The standard InChI is InChI=1S/C22H16ClFN4O5/c23-16-4-9-20(33-13-21(29)26-18-7-5-17(24)6-8-18)15(10-16)12-25-27-22(30)14-2-1-3-19(11-14)28(31)32/h1-12H,13H2,(H,26,29)(H,27,30). The normalized spacial score (nSPS) is 10.6. The highest BCUT2D eigenvalue weighted by atomic mass is 35.5. The van der Waals surface area contributed by atoms with Crippen molar-refractivity contribution in [3.63, 3.8) is 0 Å². The zero-order valence-corrected chi connectivity index (χ0v) is 17.6. The van der Waals surface area contributed by atoms with Crippen molar-refractivity contribution >= 4 is 41.0 Å². The summed E-state index contributed by atoms with van der Waals surface area (Å²) in [6, 6.07) is 15.0. The third kappa shape index (κ3) is 6.84. The van der Waals surface area contributed by atoms with Crippen LogP contribution in [-0.2, 0) is 4.79 Å². The van der Waals surface area contributed by atoms with E-state index in [9.17, 15) is 24.1 Å². The first-order valence-corrected chi connectivity index (χ1v) is 9.75. The number of carbonyl (C=O) groups excluding carboxylic acids is 2. The maximum atomic E-state index is 13.0. The van der Waals surface area contributed by atoms with Gasteiger partial charge >= 0.3 is 0 Å². The van der Waals surface area contributed by atoms with Crippen LogP contribution in [-0.4, -0.2) is 29.6 Å². The number of amides is 2. The highest BCUT2D eigenvalue weighted by molar-refractivity contribution is 6.30. The monoisotopic (exact) mass is 470 g/mol. The van der Waals surface area contributed by atoms with Crippen molar-refractivity contribution in [3.05, 3.63) is 98.8 Å². The van der Waals surface area contributed by atoms with Gasteiger partial charge in [0.05, 0.1) is 11.1 Å². The number of hydrogen-bond acceptors (Lipinski definition) is 6. The molecule has 0 saturated carbocycles. The number of nitrogens with zero attached hydrogens (tertiary/aromatic N) is 2. The molecule has 3 aromatic carbocycles. The number of benzene rings is 3. The second-order valence-electron chi connectivity index (χ2n) is 6.53. The van der Waals surface area contributed by atoms with Crippen molar-refractivity contribution in [2.75, 3.05) is 11.9 Å². The van der Waals surface area contributed by atoms with Gasteiger partial charge in [-0.1, -0.05) is 17.7 Å². The number of non-ortho nitro benzene ring substituents is 1. The van der Waals surface area contributed by atoms with Crippen LogP contribution in [0.4, 0.5) is 15.8 Å². The second kappa shape index (κ2) is 10.8. The van der Waals surface area contributed by atoms with Crippen molar-refractivity contribution in [2.24, 2.45) is 5.10 Å².